The maximum atomic E-state index is 12.9. The molecule has 8 heteroatoms. The van der Waals surface area contributed by atoms with Crippen LogP contribution in [-0.2, 0) is 20.6 Å². The predicted octanol–water partition coefficient (Wildman–Crippen LogP) is 1.57. The van der Waals surface area contributed by atoms with Crippen molar-refractivity contribution < 1.29 is 0 Å². The zero-order chi connectivity index (χ0) is 19.1. The minimum Gasteiger partial charge on any atom is -0.299 e. The quantitative estimate of drug-likeness (QED) is 0.540. The van der Waals surface area contributed by atoms with Gasteiger partial charge in [-0.15, -0.1) is 11.3 Å². The molecule has 0 aliphatic rings. The normalized spacial score (nSPS) is 11.2. The molecule has 0 aliphatic carbocycles. The zero-order valence-corrected chi connectivity index (χ0v) is 15.6. The minimum atomic E-state index is -0.429. The molecule has 0 amide bonds. The molecule has 1 aromatic carbocycles. The first-order valence-corrected chi connectivity index (χ1v) is 9.07. The lowest BCUT2D eigenvalue weighted by molar-refractivity contribution is 0.616. The second-order valence-electron chi connectivity index (χ2n) is 6.25. The van der Waals surface area contributed by atoms with Crippen LogP contribution in [0, 0.1) is 0 Å². The van der Waals surface area contributed by atoms with Gasteiger partial charge in [0, 0.05) is 30.7 Å². The Morgan fingerprint density at radius 2 is 1.74 bits per heavy atom. The van der Waals surface area contributed by atoms with E-state index in [9.17, 15) is 14.4 Å². The van der Waals surface area contributed by atoms with Gasteiger partial charge in [0.1, 0.15) is 4.83 Å². The molecule has 0 bridgehead atoms. The summed E-state index contributed by atoms with van der Waals surface area (Å²) in [6.07, 6.45) is 1.46. The summed E-state index contributed by atoms with van der Waals surface area (Å²) in [5.41, 5.74) is 0.440. The smallest absolute Gasteiger partial charge is 0.299 e. The van der Waals surface area contributed by atoms with Gasteiger partial charge in [0.25, 0.3) is 11.1 Å². The van der Waals surface area contributed by atoms with E-state index < -0.39 is 11.2 Å². The zero-order valence-electron chi connectivity index (χ0n) is 14.7. The molecule has 0 unspecified atom stereocenters. The topological polar surface area (TPSA) is 78.9 Å². The van der Waals surface area contributed by atoms with Crippen LogP contribution in [-0.4, -0.2) is 18.7 Å². The van der Waals surface area contributed by atoms with Gasteiger partial charge in [0.2, 0.25) is 0 Å². The van der Waals surface area contributed by atoms with Crippen LogP contribution in [0.15, 0.2) is 63.2 Å². The lowest BCUT2D eigenvalue weighted by Gasteiger charge is -2.10. The Hall–Kier alpha value is -3.26. The molecule has 136 valence electrons. The molecule has 4 aromatic rings. The van der Waals surface area contributed by atoms with E-state index in [0.717, 1.165) is 15.0 Å². The lowest BCUT2D eigenvalue weighted by atomic mass is 10.2. The number of nitrogens with zero attached hydrogens (tertiary/aromatic N) is 4. The number of benzene rings is 1. The van der Waals surface area contributed by atoms with E-state index in [1.54, 1.807) is 7.05 Å². The summed E-state index contributed by atoms with van der Waals surface area (Å²) in [5, 5.41) is 0.523. The van der Waals surface area contributed by atoms with Gasteiger partial charge in [-0.2, -0.15) is 0 Å². The molecule has 0 N–H and O–H groups in total. The Kier molecular flexibility index (Phi) is 4.12. The fourth-order valence-corrected chi connectivity index (χ4v) is 3.92. The fourth-order valence-electron chi connectivity index (χ4n) is 2.92. The van der Waals surface area contributed by atoms with Gasteiger partial charge in [-0.25, -0.2) is 9.78 Å². The van der Waals surface area contributed by atoms with E-state index in [1.165, 1.54) is 39.9 Å². The Morgan fingerprint density at radius 1 is 1.00 bits per heavy atom. The highest BCUT2D eigenvalue weighted by Crippen LogP contribution is 2.30. The van der Waals surface area contributed by atoms with E-state index in [0.29, 0.717) is 15.9 Å². The van der Waals surface area contributed by atoms with Gasteiger partial charge in [0.15, 0.2) is 0 Å². The Morgan fingerprint density at radius 3 is 2.48 bits per heavy atom. The molecule has 27 heavy (non-hydrogen) atoms. The fraction of sp³-hybridized carbons (Fsp3) is 0.158. The third-order valence-electron chi connectivity index (χ3n) is 4.53. The highest BCUT2D eigenvalue weighted by Gasteiger charge is 2.12. The van der Waals surface area contributed by atoms with E-state index >= 15 is 0 Å². The summed E-state index contributed by atoms with van der Waals surface area (Å²) >= 11 is 1.46. The third-order valence-corrected chi connectivity index (χ3v) is 5.63. The molecule has 0 spiro atoms. The van der Waals surface area contributed by atoms with Gasteiger partial charge in [0.05, 0.1) is 18.3 Å². The maximum absolute atomic E-state index is 12.9. The summed E-state index contributed by atoms with van der Waals surface area (Å²) in [6, 6.07) is 13.0. The van der Waals surface area contributed by atoms with Crippen molar-refractivity contribution in [3.8, 4) is 10.4 Å². The second kappa shape index (κ2) is 6.48. The van der Waals surface area contributed by atoms with Crippen LogP contribution >= 0.6 is 11.3 Å². The van der Waals surface area contributed by atoms with Crippen LogP contribution in [0.4, 0.5) is 0 Å². The minimum absolute atomic E-state index is 0.0973. The summed E-state index contributed by atoms with van der Waals surface area (Å²) in [5.74, 6) is 0. The van der Waals surface area contributed by atoms with Gasteiger partial charge >= 0.3 is 5.69 Å². The van der Waals surface area contributed by atoms with Crippen molar-refractivity contribution in [3.05, 3.63) is 85.7 Å². The second-order valence-corrected chi connectivity index (χ2v) is 7.28. The summed E-state index contributed by atoms with van der Waals surface area (Å²) in [6.45, 7) is 0.0973. The van der Waals surface area contributed by atoms with Gasteiger partial charge < -0.3 is 0 Å². The van der Waals surface area contributed by atoms with Crippen LogP contribution in [0.5, 0.6) is 0 Å². The van der Waals surface area contributed by atoms with Crippen molar-refractivity contribution in [2.45, 2.75) is 6.54 Å². The predicted molar refractivity (Wildman–Crippen MR) is 105 cm³/mol. The number of hydrogen-bond donors (Lipinski definition) is 0. The molecule has 0 atom stereocenters. The van der Waals surface area contributed by atoms with Crippen LogP contribution in [0.1, 0.15) is 5.69 Å². The Balaban J connectivity index is 1.81. The molecule has 0 radical (unpaired) electrons. The van der Waals surface area contributed by atoms with E-state index in [1.807, 2.05) is 36.4 Å². The van der Waals surface area contributed by atoms with Gasteiger partial charge in [-0.05, 0) is 11.6 Å². The van der Waals surface area contributed by atoms with E-state index in [2.05, 4.69) is 4.98 Å². The van der Waals surface area contributed by atoms with Crippen molar-refractivity contribution in [2.75, 3.05) is 0 Å². The molecular formula is C19H16N4O3S. The van der Waals surface area contributed by atoms with Crippen molar-refractivity contribution in [1.82, 2.24) is 18.7 Å². The number of aromatic nitrogens is 4. The van der Waals surface area contributed by atoms with Crippen LogP contribution in [0.2, 0.25) is 0 Å². The summed E-state index contributed by atoms with van der Waals surface area (Å²) < 4.78 is 3.80. The number of hydrogen-bond acceptors (Lipinski definition) is 5. The Bertz CT molecular complexity index is 1330. The van der Waals surface area contributed by atoms with Crippen LogP contribution in [0.25, 0.3) is 20.7 Å². The average Bonchev–Trinajstić information content (AvgIpc) is 3.12. The highest BCUT2D eigenvalue weighted by molar-refractivity contribution is 7.21. The third kappa shape index (κ3) is 2.93. The van der Waals surface area contributed by atoms with Crippen molar-refractivity contribution in [2.24, 2.45) is 14.1 Å². The SMILES string of the molecule is Cn1c(Cn2cnc3sc(-c4ccccc4)cc3c2=O)cc(=O)n(C)c1=O. The molecule has 0 aliphatic heterocycles. The van der Waals surface area contributed by atoms with E-state index in [-0.39, 0.29) is 12.1 Å². The molecular weight excluding hydrogens is 364 g/mol. The molecule has 3 aromatic heterocycles. The first-order chi connectivity index (χ1) is 13.0. The van der Waals surface area contributed by atoms with Gasteiger partial charge in [-0.3, -0.25) is 23.3 Å². The molecule has 3 heterocycles. The maximum Gasteiger partial charge on any atom is 0.330 e. The molecule has 0 saturated heterocycles. The molecule has 4 rings (SSSR count). The first kappa shape index (κ1) is 17.2. The lowest BCUT2D eigenvalue weighted by Crippen LogP contribution is -2.39. The monoisotopic (exact) mass is 380 g/mol. The Labute approximate surface area is 157 Å². The first-order valence-electron chi connectivity index (χ1n) is 8.26. The van der Waals surface area contributed by atoms with Crippen LogP contribution in [0.3, 0.4) is 0 Å². The highest BCUT2D eigenvalue weighted by atomic mass is 32.1. The van der Waals surface area contributed by atoms with Crippen molar-refractivity contribution >= 4 is 21.6 Å². The summed E-state index contributed by atoms with van der Waals surface area (Å²) in [4.78, 5) is 42.9. The largest absolute Gasteiger partial charge is 0.330 e. The van der Waals surface area contributed by atoms with Gasteiger partial charge in [-0.1, -0.05) is 30.3 Å². The van der Waals surface area contributed by atoms with Crippen LogP contribution < -0.4 is 16.8 Å². The molecule has 0 fully saturated rings. The van der Waals surface area contributed by atoms with E-state index in [4.69, 9.17) is 0 Å². The summed E-state index contributed by atoms with van der Waals surface area (Å²) in [7, 11) is 3.00. The number of thiophene rings is 1. The average molecular weight is 380 g/mol. The molecule has 0 saturated carbocycles. The number of rotatable bonds is 3. The number of fused-ring (bicyclic) bond motifs is 1. The standard InChI is InChI=1S/C19H16N4O3S/c1-21-13(8-16(24)22(2)19(21)26)10-23-11-20-17-14(18(23)25)9-15(27-17)12-6-4-3-5-7-12/h3-9,11H,10H2,1-2H3. The van der Waals surface area contributed by atoms with Crippen molar-refractivity contribution in [1.29, 1.82) is 0 Å². The van der Waals surface area contributed by atoms with Crippen molar-refractivity contribution in [3.63, 3.8) is 0 Å². The molecule has 7 nitrogen and oxygen atoms in total.